The van der Waals surface area contributed by atoms with Crippen molar-refractivity contribution in [1.82, 2.24) is 10.3 Å². The van der Waals surface area contributed by atoms with E-state index in [9.17, 15) is 4.79 Å². The fourth-order valence-electron chi connectivity index (χ4n) is 4.44. The molecule has 1 amide bonds. The van der Waals surface area contributed by atoms with Gasteiger partial charge in [0.15, 0.2) is 0 Å². The highest BCUT2D eigenvalue weighted by Crippen LogP contribution is 2.39. The van der Waals surface area contributed by atoms with Gasteiger partial charge in [-0.3, -0.25) is 4.79 Å². The van der Waals surface area contributed by atoms with E-state index >= 15 is 0 Å². The number of rotatable bonds is 2. The van der Waals surface area contributed by atoms with E-state index < -0.39 is 0 Å². The van der Waals surface area contributed by atoms with Crippen molar-refractivity contribution < 1.29 is 4.79 Å². The SMILES string of the molecule is NC1CC2CCCC(C1)C2NC(=O)c1ccc2ccccc2n1. The Kier molecular flexibility index (Phi) is 3.77. The number of hydrogen-bond acceptors (Lipinski definition) is 3. The summed E-state index contributed by atoms with van der Waals surface area (Å²) in [6, 6.07) is 12.2. The van der Waals surface area contributed by atoms with Crippen LogP contribution in [0, 0.1) is 11.8 Å². The Bertz CT molecular complexity index is 715. The van der Waals surface area contributed by atoms with Crippen LogP contribution in [0.25, 0.3) is 10.9 Å². The van der Waals surface area contributed by atoms with Crippen molar-refractivity contribution in [1.29, 1.82) is 0 Å². The lowest BCUT2D eigenvalue weighted by molar-refractivity contribution is 0.0752. The quantitative estimate of drug-likeness (QED) is 0.896. The third-order valence-corrected chi connectivity index (χ3v) is 5.51. The minimum atomic E-state index is -0.0480. The summed E-state index contributed by atoms with van der Waals surface area (Å²) in [6.45, 7) is 0. The molecule has 2 fully saturated rings. The maximum atomic E-state index is 12.7. The van der Waals surface area contributed by atoms with Gasteiger partial charge in [-0.25, -0.2) is 4.98 Å². The van der Waals surface area contributed by atoms with Crippen molar-refractivity contribution in [2.24, 2.45) is 17.6 Å². The first-order valence-electron chi connectivity index (χ1n) is 8.63. The molecule has 23 heavy (non-hydrogen) atoms. The standard InChI is InChI=1S/C19H23N3O/c20-15-10-13-5-3-6-14(11-15)18(13)22-19(23)17-9-8-12-4-1-2-7-16(12)21-17/h1-2,4,7-9,13-15,18H,3,5-6,10-11,20H2,(H,22,23). The lowest BCUT2D eigenvalue weighted by Gasteiger charge is -2.45. The van der Waals surface area contributed by atoms with Crippen LogP contribution in [0.4, 0.5) is 0 Å². The van der Waals surface area contributed by atoms with E-state index in [1.165, 1.54) is 19.3 Å². The van der Waals surface area contributed by atoms with Gasteiger partial charge in [0, 0.05) is 17.5 Å². The molecule has 2 unspecified atom stereocenters. The molecule has 2 bridgehead atoms. The van der Waals surface area contributed by atoms with Gasteiger partial charge in [-0.1, -0.05) is 30.7 Å². The van der Waals surface area contributed by atoms with Crippen molar-refractivity contribution in [3.8, 4) is 0 Å². The van der Waals surface area contributed by atoms with Crippen LogP contribution in [0.3, 0.4) is 0 Å². The first-order chi connectivity index (χ1) is 11.2. The van der Waals surface area contributed by atoms with Gasteiger partial charge in [-0.15, -0.1) is 0 Å². The smallest absolute Gasteiger partial charge is 0.270 e. The van der Waals surface area contributed by atoms with Crippen LogP contribution in [0.1, 0.15) is 42.6 Å². The molecule has 1 aromatic carbocycles. The van der Waals surface area contributed by atoms with Crippen molar-refractivity contribution in [2.45, 2.75) is 44.2 Å². The normalized spacial score (nSPS) is 30.1. The van der Waals surface area contributed by atoms with Gasteiger partial charge in [-0.05, 0) is 49.7 Å². The van der Waals surface area contributed by atoms with Gasteiger partial charge in [0.05, 0.1) is 5.52 Å². The molecule has 4 rings (SSSR count). The molecule has 2 aromatic rings. The average Bonchev–Trinajstić information content (AvgIpc) is 2.55. The van der Waals surface area contributed by atoms with Crippen LogP contribution < -0.4 is 11.1 Å². The number of carbonyl (C=O) groups is 1. The van der Waals surface area contributed by atoms with Crippen LogP contribution in [-0.4, -0.2) is 23.0 Å². The average molecular weight is 309 g/mol. The molecule has 4 nitrogen and oxygen atoms in total. The van der Waals surface area contributed by atoms with Gasteiger partial charge in [0.1, 0.15) is 5.69 Å². The maximum absolute atomic E-state index is 12.7. The summed E-state index contributed by atoms with van der Waals surface area (Å²) in [5.74, 6) is 1.01. The summed E-state index contributed by atoms with van der Waals surface area (Å²) in [7, 11) is 0. The summed E-state index contributed by atoms with van der Waals surface area (Å²) < 4.78 is 0. The lowest BCUT2D eigenvalue weighted by atomic mass is 9.67. The summed E-state index contributed by atoms with van der Waals surface area (Å²) >= 11 is 0. The van der Waals surface area contributed by atoms with Crippen LogP contribution in [-0.2, 0) is 0 Å². The highest BCUT2D eigenvalue weighted by molar-refractivity contribution is 5.95. The molecule has 0 radical (unpaired) electrons. The van der Waals surface area contributed by atoms with Gasteiger partial charge < -0.3 is 11.1 Å². The number of carbonyl (C=O) groups excluding carboxylic acids is 1. The van der Waals surface area contributed by atoms with E-state index in [-0.39, 0.29) is 11.9 Å². The van der Waals surface area contributed by atoms with Crippen molar-refractivity contribution >= 4 is 16.8 Å². The predicted molar refractivity (Wildman–Crippen MR) is 91.0 cm³/mol. The van der Waals surface area contributed by atoms with E-state index in [0.29, 0.717) is 23.6 Å². The monoisotopic (exact) mass is 309 g/mol. The summed E-state index contributed by atoms with van der Waals surface area (Å²) in [4.78, 5) is 17.2. The number of fused-ring (bicyclic) bond motifs is 3. The third kappa shape index (κ3) is 2.83. The highest BCUT2D eigenvalue weighted by atomic mass is 16.1. The first kappa shape index (κ1) is 14.6. The Hall–Kier alpha value is -1.94. The number of nitrogens with zero attached hydrogens (tertiary/aromatic N) is 1. The Morgan fingerprint density at radius 2 is 1.83 bits per heavy atom. The van der Waals surface area contributed by atoms with E-state index in [2.05, 4.69) is 10.3 Å². The van der Waals surface area contributed by atoms with Gasteiger partial charge in [0.2, 0.25) is 0 Å². The lowest BCUT2D eigenvalue weighted by Crippen LogP contribution is -2.53. The van der Waals surface area contributed by atoms with E-state index in [1.807, 2.05) is 36.4 Å². The number of benzene rings is 1. The predicted octanol–water partition coefficient (Wildman–Crippen LogP) is 2.87. The van der Waals surface area contributed by atoms with Crippen molar-refractivity contribution in [3.63, 3.8) is 0 Å². The summed E-state index contributed by atoms with van der Waals surface area (Å²) in [6.07, 6.45) is 5.70. The van der Waals surface area contributed by atoms with Crippen LogP contribution in [0.5, 0.6) is 0 Å². The molecule has 120 valence electrons. The van der Waals surface area contributed by atoms with Gasteiger partial charge in [0.25, 0.3) is 5.91 Å². The van der Waals surface area contributed by atoms with Gasteiger partial charge >= 0.3 is 0 Å². The zero-order valence-corrected chi connectivity index (χ0v) is 13.2. The number of aromatic nitrogens is 1. The molecule has 0 saturated heterocycles. The summed E-state index contributed by atoms with van der Waals surface area (Å²) in [5.41, 5.74) is 7.54. The summed E-state index contributed by atoms with van der Waals surface area (Å²) in [5, 5.41) is 4.33. The maximum Gasteiger partial charge on any atom is 0.270 e. The number of nitrogens with one attached hydrogen (secondary N) is 1. The van der Waals surface area contributed by atoms with E-state index in [1.54, 1.807) is 0 Å². The number of para-hydroxylation sites is 1. The minimum Gasteiger partial charge on any atom is -0.347 e. The molecular formula is C19H23N3O. The van der Waals surface area contributed by atoms with E-state index in [0.717, 1.165) is 23.7 Å². The number of amides is 1. The molecule has 4 heteroatoms. The Balaban J connectivity index is 1.54. The zero-order valence-electron chi connectivity index (χ0n) is 13.2. The molecular weight excluding hydrogens is 286 g/mol. The van der Waals surface area contributed by atoms with Crippen LogP contribution in [0.15, 0.2) is 36.4 Å². The third-order valence-electron chi connectivity index (χ3n) is 5.51. The Labute approximate surface area is 136 Å². The molecule has 3 N–H and O–H groups in total. The number of nitrogens with two attached hydrogens (primary N) is 1. The number of hydrogen-bond donors (Lipinski definition) is 2. The molecule has 0 spiro atoms. The van der Waals surface area contributed by atoms with Crippen molar-refractivity contribution in [3.05, 3.63) is 42.1 Å². The minimum absolute atomic E-state index is 0.0480. The molecule has 0 aliphatic heterocycles. The van der Waals surface area contributed by atoms with Crippen molar-refractivity contribution in [2.75, 3.05) is 0 Å². The van der Waals surface area contributed by atoms with E-state index in [4.69, 9.17) is 5.73 Å². The zero-order chi connectivity index (χ0) is 15.8. The second kappa shape index (κ2) is 5.93. The fourth-order valence-corrected chi connectivity index (χ4v) is 4.44. The van der Waals surface area contributed by atoms with Crippen LogP contribution in [0.2, 0.25) is 0 Å². The Morgan fingerprint density at radius 3 is 2.61 bits per heavy atom. The fraction of sp³-hybridized carbons (Fsp3) is 0.474. The van der Waals surface area contributed by atoms with Gasteiger partial charge in [-0.2, -0.15) is 0 Å². The second-order valence-electron chi connectivity index (χ2n) is 7.07. The first-order valence-corrected chi connectivity index (χ1v) is 8.63. The molecule has 1 heterocycles. The second-order valence-corrected chi connectivity index (χ2v) is 7.07. The largest absolute Gasteiger partial charge is 0.347 e. The molecule has 2 aliphatic rings. The molecule has 1 aromatic heterocycles. The Morgan fingerprint density at radius 1 is 1.09 bits per heavy atom. The molecule has 2 aliphatic carbocycles. The highest BCUT2D eigenvalue weighted by Gasteiger charge is 2.40. The van der Waals surface area contributed by atoms with Crippen LogP contribution >= 0.6 is 0 Å². The molecule has 2 atom stereocenters. The topological polar surface area (TPSA) is 68.0 Å². The number of pyridine rings is 1. The molecule has 2 saturated carbocycles.